The van der Waals surface area contributed by atoms with Gasteiger partial charge in [-0.25, -0.2) is 9.97 Å². The summed E-state index contributed by atoms with van der Waals surface area (Å²) in [5, 5.41) is 0. The van der Waals surface area contributed by atoms with E-state index in [9.17, 15) is 4.79 Å². The van der Waals surface area contributed by atoms with Gasteiger partial charge < -0.3 is 24.0 Å². The number of nitrogens with zero attached hydrogens (tertiary/aromatic N) is 4. The van der Waals surface area contributed by atoms with Gasteiger partial charge in [0.2, 0.25) is 11.9 Å². The molecule has 3 aliphatic heterocycles. The normalized spacial score (nSPS) is 30.0. The van der Waals surface area contributed by atoms with E-state index >= 15 is 0 Å². The Morgan fingerprint density at radius 3 is 2.89 bits per heavy atom. The van der Waals surface area contributed by atoms with Crippen molar-refractivity contribution in [1.82, 2.24) is 14.9 Å². The number of amides is 1. The topological polar surface area (TPSA) is 77.0 Å². The minimum atomic E-state index is -0.239. The minimum absolute atomic E-state index is 0.135. The zero-order valence-corrected chi connectivity index (χ0v) is 17.0. The SMILES string of the molecule is COCCC(=O)N1CC[C@@]2(COCc3cnc(N4C[C@@H](C)O[C@@H](C)C4)nc32)C1. The van der Waals surface area contributed by atoms with Gasteiger partial charge in [-0.3, -0.25) is 4.79 Å². The third-order valence-electron chi connectivity index (χ3n) is 5.92. The van der Waals surface area contributed by atoms with Crippen LogP contribution in [0.15, 0.2) is 6.20 Å². The van der Waals surface area contributed by atoms with Gasteiger partial charge in [0.05, 0.1) is 49.6 Å². The van der Waals surface area contributed by atoms with Gasteiger partial charge >= 0.3 is 0 Å². The lowest BCUT2D eigenvalue weighted by atomic mass is 9.80. The van der Waals surface area contributed by atoms with Gasteiger partial charge in [-0.1, -0.05) is 0 Å². The molecule has 0 aliphatic carbocycles. The second-order valence-electron chi connectivity index (χ2n) is 8.29. The van der Waals surface area contributed by atoms with E-state index in [1.807, 2.05) is 11.1 Å². The Kier molecular flexibility index (Phi) is 5.53. The molecule has 0 radical (unpaired) electrons. The molecular formula is C20H30N4O4. The first-order valence-electron chi connectivity index (χ1n) is 10.1. The largest absolute Gasteiger partial charge is 0.384 e. The van der Waals surface area contributed by atoms with Crippen molar-refractivity contribution in [3.63, 3.8) is 0 Å². The highest BCUT2D eigenvalue weighted by Crippen LogP contribution is 2.39. The van der Waals surface area contributed by atoms with Crippen LogP contribution in [0.3, 0.4) is 0 Å². The molecule has 8 nitrogen and oxygen atoms in total. The maximum Gasteiger partial charge on any atom is 0.225 e. The molecule has 4 heterocycles. The van der Waals surface area contributed by atoms with Crippen molar-refractivity contribution in [3.05, 3.63) is 17.5 Å². The Hall–Kier alpha value is -1.77. The molecular weight excluding hydrogens is 360 g/mol. The zero-order valence-electron chi connectivity index (χ0n) is 17.0. The molecule has 0 saturated carbocycles. The zero-order chi connectivity index (χ0) is 19.7. The van der Waals surface area contributed by atoms with E-state index in [-0.39, 0.29) is 23.5 Å². The number of aromatic nitrogens is 2. The Bertz CT molecular complexity index is 720. The molecule has 28 heavy (non-hydrogen) atoms. The number of ether oxygens (including phenoxy) is 3. The average Bonchev–Trinajstić information content (AvgIpc) is 3.10. The fraction of sp³-hybridized carbons (Fsp3) is 0.750. The van der Waals surface area contributed by atoms with Crippen LogP contribution in [0.2, 0.25) is 0 Å². The van der Waals surface area contributed by atoms with Crippen LogP contribution in [0, 0.1) is 0 Å². The number of carbonyl (C=O) groups excluding carboxylic acids is 1. The highest BCUT2D eigenvalue weighted by Gasteiger charge is 2.46. The average molecular weight is 390 g/mol. The number of morpholine rings is 1. The van der Waals surface area contributed by atoms with Crippen LogP contribution in [0.1, 0.15) is 37.9 Å². The lowest BCUT2D eigenvalue weighted by Gasteiger charge is -2.38. The molecule has 0 unspecified atom stereocenters. The Morgan fingerprint density at radius 1 is 1.36 bits per heavy atom. The maximum atomic E-state index is 12.5. The number of anilines is 1. The molecule has 1 aromatic heterocycles. The smallest absolute Gasteiger partial charge is 0.225 e. The summed E-state index contributed by atoms with van der Waals surface area (Å²) in [4.78, 5) is 26.2. The quantitative estimate of drug-likeness (QED) is 0.763. The van der Waals surface area contributed by atoms with Crippen molar-refractivity contribution < 1.29 is 19.0 Å². The third kappa shape index (κ3) is 3.73. The Balaban J connectivity index is 1.58. The van der Waals surface area contributed by atoms with Gasteiger partial charge in [-0.2, -0.15) is 0 Å². The van der Waals surface area contributed by atoms with Crippen molar-refractivity contribution >= 4 is 11.9 Å². The van der Waals surface area contributed by atoms with Crippen molar-refractivity contribution in [1.29, 1.82) is 0 Å². The molecule has 0 aromatic carbocycles. The second kappa shape index (κ2) is 7.93. The van der Waals surface area contributed by atoms with Gasteiger partial charge in [0.25, 0.3) is 0 Å². The van der Waals surface area contributed by atoms with Crippen LogP contribution in [0.4, 0.5) is 5.95 Å². The lowest BCUT2D eigenvalue weighted by molar-refractivity contribution is -0.131. The van der Waals surface area contributed by atoms with Crippen LogP contribution < -0.4 is 4.90 Å². The molecule has 0 N–H and O–H groups in total. The Labute approximate surface area is 166 Å². The molecule has 154 valence electrons. The fourth-order valence-electron chi connectivity index (χ4n) is 4.62. The standard InChI is InChI=1S/C20H30N4O4/c1-14-9-24(10-15(2)28-14)19-21-8-16-11-27-13-20(18(16)22-19)5-6-23(12-20)17(25)4-7-26-3/h8,14-15H,4-7,9-13H2,1-3H3/t14-,15+,20-/m0/s1. The first-order valence-corrected chi connectivity index (χ1v) is 10.1. The molecule has 3 atom stereocenters. The lowest BCUT2D eigenvalue weighted by Crippen LogP contribution is -2.47. The van der Waals surface area contributed by atoms with E-state index < -0.39 is 0 Å². The highest BCUT2D eigenvalue weighted by molar-refractivity contribution is 5.77. The number of fused-ring (bicyclic) bond motifs is 2. The summed E-state index contributed by atoms with van der Waals surface area (Å²) in [5.41, 5.74) is 1.85. The van der Waals surface area contributed by atoms with Crippen molar-refractivity contribution in [2.45, 2.75) is 50.9 Å². The fourth-order valence-corrected chi connectivity index (χ4v) is 4.62. The number of hydrogen-bond donors (Lipinski definition) is 0. The number of hydrogen-bond acceptors (Lipinski definition) is 7. The van der Waals surface area contributed by atoms with Gasteiger partial charge in [0.1, 0.15) is 0 Å². The summed E-state index contributed by atoms with van der Waals surface area (Å²) in [7, 11) is 1.62. The highest BCUT2D eigenvalue weighted by atomic mass is 16.5. The predicted octanol–water partition coefficient (Wildman–Crippen LogP) is 1.13. The number of likely N-dealkylation sites (tertiary alicyclic amines) is 1. The van der Waals surface area contributed by atoms with Crippen LogP contribution in [-0.2, 0) is 31.0 Å². The van der Waals surface area contributed by atoms with Crippen LogP contribution >= 0.6 is 0 Å². The van der Waals surface area contributed by atoms with Crippen molar-refractivity contribution in [3.8, 4) is 0 Å². The summed E-state index contributed by atoms with van der Waals surface area (Å²) in [5.74, 6) is 0.891. The monoisotopic (exact) mass is 390 g/mol. The van der Waals surface area contributed by atoms with E-state index in [4.69, 9.17) is 19.2 Å². The summed E-state index contributed by atoms with van der Waals surface area (Å²) < 4.78 is 16.8. The van der Waals surface area contributed by atoms with Crippen LogP contribution in [0.5, 0.6) is 0 Å². The van der Waals surface area contributed by atoms with E-state index in [2.05, 4.69) is 23.7 Å². The van der Waals surface area contributed by atoms with Gasteiger partial charge in [-0.05, 0) is 20.3 Å². The summed E-state index contributed by atoms with van der Waals surface area (Å²) in [6.07, 6.45) is 3.49. The van der Waals surface area contributed by atoms with Crippen molar-refractivity contribution in [2.24, 2.45) is 0 Å². The van der Waals surface area contributed by atoms with Gasteiger partial charge in [0.15, 0.2) is 0 Å². The first kappa shape index (κ1) is 19.5. The van der Waals surface area contributed by atoms with Gasteiger partial charge in [-0.15, -0.1) is 0 Å². The molecule has 1 spiro atoms. The molecule has 0 bridgehead atoms. The number of methoxy groups -OCH3 is 1. The first-order chi connectivity index (χ1) is 13.5. The molecule has 2 fully saturated rings. The molecule has 4 rings (SSSR count). The molecule has 2 saturated heterocycles. The summed E-state index contributed by atoms with van der Waals surface area (Å²) >= 11 is 0. The van der Waals surface area contributed by atoms with E-state index in [0.29, 0.717) is 32.8 Å². The Morgan fingerprint density at radius 2 is 2.14 bits per heavy atom. The second-order valence-corrected chi connectivity index (χ2v) is 8.29. The summed E-state index contributed by atoms with van der Waals surface area (Å²) in [6.45, 7) is 8.70. The van der Waals surface area contributed by atoms with Gasteiger partial charge in [0, 0.05) is 45.0 Å². The van der Waals surface area contributed by atoms with Crippen LogP contribution in [0.25, 0.3) is 0 Å². The predicted molar refractivity (Wildman–Crippen MR) is 103 cm³/mol. The minimum Gasteiger partial charge on any atom is -0.384 e. The van der Waals surface area contributed by atoms with Crippen LogP contribution in [-0.4, -0.2) is 79.5 Å². The van der Waals surface area contributed by atoms with E-state index in [1.165, 1.54) is 0 Å². The van der Waals surface area contributed by atoms with E-state index in [1.54, 1.807) is 7.11 Å². The molecule has 8 heteroatoms. The molecule has 1 amide bonds. The summed E-state index contributed by atoms with van der Waals surface area (Å²) in [6, 6.07) is 0. The van der Waals surface area contributed by atoms with E-state index in [0.717, 1.165) is 43.3 Å². The number of carbonyl (C=O) groups is 1. The third-order valence-corrected chi connectivity index (χ3v) is 5.92. The number of rotatable bonds is 4. The molecule has 3 aliphatic rings. The maximum absolute atomic E-state index is 12.5. The molecule has 1 aromatic rings. The van der Waals surface area contributed by atoms with Crippen molar-refractivity contribution in [2.75, 3.05) is 51.4 Å².